The lowest BCUT2D eigenvalue weighted by molar-refractivity contribution is 0.0923. The first-order valence-corrected chi connectivity index (χ1v) is 9.89. The number of aromatic nitrogens is 1. The van der Waals surface area contributed by atoms with Gasteiger partial charge in [-0.05, 0) is 38.8 Å². The van der Waals surface area contributed by atoms with Crippen LogP contribution < -0.4 is 5.32 Å². The summed E-state index contributed by atoms with van der Waals surface area (Å²) in [7, 11) is -3.70. The number of nitrogens with one attached hydrogen (secondary N) is 1. The number of phenolic OH excluding ortho intramolecular Hbond substituents is 2. The Kier molecular flexibility index (Phi) is 5.11. The number of hydrogen-bond donors (Lipinski definition) is 3. The van der Waals surface area contributed by atoms with E-state index in [2.05, 4.69) is 10.5 Å². The number of hydrogen-bond acceptors (Lipinski definition) is 7. The topological polar surface area (TPSA) is 133 Å². The highest BCUT2D eigenvalue weighted by molar-refractivity contribution is 7.89. The van der Waals surface area contributed by atoms with Crippen molar-refractivity contribution < 1.29 is 27.9 Å². The van der Waals surface area contributed by atoms with E-state index in [9.17, 15) is 23.4 Å². The fraction of sp³-hybridized carbons (Fsp3) is 0.412. The Bertz CT molecular complexity index is 921. The third-order valence-electron chi connectivity index (χ3n) is 4.52. The van der Waals surface area contributed by atoms with Gasteiger partial charge in [-0.3, -0.25) is 4.79 Å². The third kappa shape index (κ3) is 3.91. The highest BCUT2D eigenvalue weighted by Gasteiger charge is 2.34. The Balaban J connectivity index is 1.64. The van der Waals surface area contributed by atoms with Gasteiger partial charge in [-0.2, -0.15) is 4.31 Å². The first-order valence-electron chi connectivity index (χ1n) is 8.45. The van der Waals surface area contributed by atoms with Crippen LogP contribution in [-0.2, 0) is 10.0 Å². The van der Waals surface area contributed by atoms with Gasteiger partial charge < -0.3 is 20.1 Å². The predicted molar refractivity (Wildman–Crippen MR) is 95.0 cm³/mol. The molecule has 27 heavy (non-hydrogen) atoms. The number of sulfonamides is 1. The van der Waals surface area contributed by atoms with Crippen molar-refractivity contribution in [1.82, 2.24) is 14.8 Å². The summed E-state index contributed by atoms with van der Waals surface area (Å²) in [5.74, 6) is -0.596. The molecule has 0 spiro atoms. The molecule has 0 aliphatic carbocycles. The summed E-state index contributed by atoms with van der Waals surface area (Å²) in [5, 5.41) is 25.5. The van der Waals surface area contributed by atoms with E-state index < -0.39 is 15.9 Å². The fourth-order valence-corrected chi connectivity index (χ4v) is 4.97. The van der Waals surface area contributed by atoms with E-state index in [1.165, 1.54) is 16.4 Å². The van der Waals surface area contributed by atoms with Gasteiger partial charge >= 0.3 is 0 Å². The van der Waals surface area contributed by atoms with Crippen molar-refractivity contribution in [2.45, 2.75) is 37.6 Å². The van der Waals surface area contributed by atoms with Crippen LogP contribution in [0.2, 0.25) is 0 Å². The van der Waals surface area contributed by atoms with Crippen LogP contribution in [0.1, 0.15) is 34.7 Å². The molecule has 0 unspecified atom stereocenters. The standard InChI is InChI=1S/C17H21N3O6S/c1-10-16(11(2)26-19-10)27(24,25)20-5-3-13(4-6-20)18-17(23)12-7-14(21)9-15(22)8-12/h7-9,13,21-22H,3-6H2,1-2H3,(H,18,23). The van der Waals surface area contributed by atoms with Crippen molar-refractivity contribution in [2.24, 2.45) is 0 Å². The molecule has 0 radical (unpaired) electrons. The zero-order valence-corrected chi connectivity index (χ0v) is 15.8. The smallest absolute Gasteiger partial charge is 0.251 e. The van der Waals surface area contributed by atoms with Crippen LogP contribution in [-0.4, -0.2) is 53.1 Å². The lowest BCUT2D eigenvalue weighted by atomic mass is 10.1. The van der Waals surface area contributed by atoms with E-state index in [-0.39, 0.29) is 46.8 Å². The number of nitrogens with zero attached hydrogens (tertiary/aromatic N) is 2. The van der Waals surface area contributed by atoms with E-state index >= 15 is 0 Å². The molecule has 1 amide bonds. The molecule has 0 atom stereocenters. The van der Waals surface area contributed by atoms with E-state index in [0.717, 1.165) is 6.07 Å². The molecular formula is C17H21N3O6S. The number of carbonyl (C=O) groups excluding carboxylic acids is 1. The number of amides is 1. The largest absolute Gasteiger partial charge is 0.508 e. The molecule has 1 fully saturated rings. The summed E-state index contributed by atoms with van der Waals surface area (Å²) in [6.45, 7) is 3.65. The summed E-state index contributed by atoms with van der Waals surface area (Å²) in [4.78, 5) is 12.4. The minimum absolute atomic E-state index is 0.0974. The van der Waals surface area contributed by atoms with E-state index in [1.807, 2.05) is 0 Å². The second-order valence-electron chi connectivity index (χ2n) is 6.54. The Hall–Kier alpha value is -2.59. The maximum absolute atomic E-state index is 12.8. The van der Waals surface area contributed by atoms with Crippen LogP contribution in [0.25, 0.3) is 0 Å². The molecule has 1 saturated heterocycles. The Morgan fingerprint density at radius 2 is 1.78 bits per heavy atom. The van der Waals surface area contributed by atoms with Gasteiger partial charge in [0.2, 0.25) is 10.0 Å². The highest BCUT2D eigenvalue weighted by atomic mass is 32.2. The molecule has 9 nitrogen and oxygen atoms in total. The lowest BCUT2D eigenvalue weighted by Gasteiger charge is -2.31. The summed E-state index contributed by atoms with van der Waals surface area (Å²) in [6, 6.07) is 3.44. The first kappa shape index (κ1) is 19.2. The van der Waals surface area contributed by atoms with Crippen molar-refractivity contribution in [2.75, 3.05) is 13.1 Å². The summed E-state index contributed by atoms with van der Waals surface area (Å²) >= 11 is 0. The normalized spacial score (nSPS) is 16.4. The van der Waals surface area contributed by atoms with Crippen LogP contribution in [0.4, 0.5) is 0 Å². The van der Waals surface area contributed by atoms with Gasteiger partial charge in [0, 0.05) is 30.8 Å². The average Bonchev–Trinajstić information content (AvgIpc) is 2.93. The van der Waals surface area contributed by atoms with E-state index in [0.29, 0.717) is 18.5 Å². The average molecular weight is 395 g/mol. The van der Waals surface area contributed by atoms with Crippen molar-refractivity contribution in [3.63, 3.8) is 0 Å². The van der Waals surface area contributed by atoms with Gasteiger partial charge in [0.25, 0.3) is 5.91 Å². The third-order valence-corrected chi connectivity index (χ3v) is 6.66. The SMILES string of the molecule is Cc1noc(C)c1S(=O)(=O)N1CCC(NC(=O)c2cc(O)cc(O)c2)CC1. The zero-order chi connectivity index (χ0) is 19.8. The molecule has 0 saturated carbocycles. The van der Waals surface area contributed by atoms with Gasteiger partial charge in [0.1, 0.15) is 22.1 Å². The molecule has 2 aromatic rings. The Morgan fingerprint density at radius 3 is 2.30 bits per heavy atom. The Labute approximate surface area is 156 Å². The number of benzene rings is 1. The van der Waals surface area contributed by atoms with Gasteiger partial charge in [-0.1, -0.05) is 5.16 Å². The predicted octanol–water partition coefficient (Wildman–Crippen LogP) is 1.29. The molecule has 0 bridgehead atoms. The molecular weight excluding hydrogens is 374 g/mol. The van der Waals surface area contributed by atoms with Crippen molar-refractivity contribution in [3.05, 3.63) is 35.2 Å². The quantitative estimate of drug-likeness (QED) is 0.710. The molecule has 2 heterocycles. The summed E-state index contributed by atoms with van der Waals surface area (Å²) < 4.78 is 31.9. The highest BCUT2D eigenvalue weighted by Crippen LogP contribution is 2.26. The molecule has 3 N–H and O–H groups in total. The monoisotopic (exact) mass is 395 g/mol. The van der Waals surface area contributed by atoms with Gasteiger partial charge in [-0.15, -0.1) is 0 Å². The zero-order valence-electron chi connectivity index (χ0n) is 15.0. The lowest BCUT2D eigenvalue weighted by Crippen LogP contribution is -2.46. The van der Waals surface area contributed by atoms with Crippen LogP contribution in [0, 0.1) is 13.8 Å². The van der Waals surface area contributed by atoms with Crippen molar-refractivity contribution in [1.29, 1.82) is 0 Å². The first-order chi connectivity index (χ1) is 12.7. The molecule has 3 rings (SSSR count). The van der Waals surface area contributed by atoms with E-state index in [1.54, 1.807) is 13.8 Å². The molecule has 1 aliphatic heterocycles. The summed E-state index contributed by atoms with van der Waals surface area (Å²) in [5.41, 5.74) is 0.463. The molecule has 10 heteroatoms. The fourth-order valence-electron chi connectivity index (χ4n) is 3.21. The number of rotatable bonds is 4. The number of phenols is 2. The minimum atomic E-state index is -3.70. The van der Waals surface area contributed by atoms with Crippen LogP contribution in [0.3, 0.4) is 0 Å². The molecule has 1 aromatic carbocycles. The summed E-state index contributed by atoms with van der Waals surface area (Å²) in [6.07, 6.45) is 0.887. The molecule has 1 aromatic heterocycles. The Morgan fingerprint density at radius 1 is 1.19 bits per heavy atom. The van der Waals surface area contributed by atoms with Gasteiger partial charge in [0.15, 0.2) is 5.76 Å². The van der Waals surface area contributed by atoms with Crippen molar-refractivity contribution >= 4 is 15.9 Å². The van der Waals surface area contributed by atoms with Crippen LogP contribution in [0.15, 0.2) is 27.6 Å². The molecule has 146 valence electrons. The van der Waals surface area contributed by atoms with Gasteiger partial charge in [-0.25, -0.2) is 8.42 Å². The van der Waals surface area contributed by atoms with Crippen LogP contribution >= 0.6 is 0 Å². The number of carbonyl (C=O) groups is 1. The number of aromatic hydroxyl groups is 2. The van der Waals surface area contributed by atoms with Crippen molar-refractivity contribution in [3.8, 4) is 11.5 Å². The maximum Gasteiger partial charge on any atom is 0.251 e. The second kappa shape index (κ2) is 7.20. The molecule has 1 aliphatic rings. The van der Waals surface area contributed by atoms with Crippen LogP contribution in [0.5, 0.6) is 11.5 Å². The van der Waals surface area contributed by atoms with Gasteiger partial charge in [0.05, 0.1) is 0 Å². The van der Waals surface area contributed by atoms with E-state index in [4.69, 9.17) is 4.52 Å². The maximum atomic E-state index is 12.8. The number of aryl methyl sites for hydroxylation is 2. The number of piperidine rings is 1. The minimum Gasteiger partial charge on any atom is -0.508 e. The second-order valence-corrected chi connectivity index (χ2v) is 8.42.